The molecule has 0 aliphatic rings. The average molecular weight is 310 g/mol. The molecule has 5 heteroatoms. The molecule has 0 fully saturated rings. The molecule has 1 unspecified atom stereocenters. The Morgan fingerprint density at radius 3 is 3.00 bits per heavy atom. The topological polar surface area (TPSA) is 46.0 Å². The third kappa shape index (κ3) is 1.96. The van der Waals surface area contributed by atoms with E-state index < -0.39 is 5.76 Å². The predicted octanol–water partition coefficient (Wildman–Crippen LogP) is 3.67. The van der Waals surface area contributed by atoms with Crippen molar-refractivity contribution in [1.82, 2.24) is 4.98 Å². The van der Waals surface area contributed by atoms with E-state index in [4.69, 9.17) is 4.42 Å². The van der Waals surface area contributed by atoms with Gasteiger partial charge >= 0.3 is 5.76 Å². The smallest absolute Gasteiger partial charge is 0.408 e. The number of oxazole rings is 1. The first-order valence-electron chi connectivity index (χ1n) is 5.04. The molecule has 17 heavy (non-hydrogen) atoms. The second-order valence-electron chi connectivity index (χ2n) is 3.65. The molecular formula is C12H8BrNO2S. The summed E-state index contributed by atoms with van der Waals surface area (Å²) in [6, 6.07) is 9.81. The Hall–Kier alpha value is -1.33. The second-order valence-corrected chi connectivity index (χ2v) is 5.54. The summed E-state index contributed by atoms with van der Waals surface area (Å²) in [6.07, 6.45) is 0. The van der Waals surface area contributed by atoms with Gasteiger partial charge in [-0.05, 0) is 29.1 Å². The third-order valence-corrected chi connectivity index (χ3v) is 4.79. The van der Waals surface area contributed by atoms with Crippen LogP contribution in [0.25, 0.3) is 11.1 Å². The van der Waals surface area contributed by atoms with Gasteiger partial charge in [0.1, 0.15) is 0 Å². The number of nitrogens with one attached hydrogen (secondary N) is 1. The van der Waals surface area contributed by atoms with Gasteiger partial charge in [-0.2, -0.15) is 0 Å². The highest BCUT2D eigenvalue weighted by molar-refractivity contribution is 9.09. The van der Waals surface area contributed by atoms with Crippen LogP contribution >= 0.6 is 27.3 Å². The number of thiophene rings is 1. The number of aromatic nitrogens is 1. The normalized spacial score (nSPS) is 13.0. The lowest BCUT2D eigenvalue weighted by atomic mass is 10.1. The van der Waals surface area contributed by atoms with Crippen LogP contribution in [0.4, 0.5) is 0 Å². The number of rotatable bonds is 2. The summed E-state index contributed by atoms with van der Waals surface area (Å²) < 4.78 is 5.05. The molecule has 1 N–H and O–H groups in total. The standard InChI is InChI=1S/C12H8BrNO2S/c13-11(10-2-1-5-17-10)7-3-4-8-9(6-7)16-12(15)14-8/h1-6,11H,(H,14,15). The van der Waals surface area contributed by atoms with E-state index in [1.165, 1.54) is 4.88 Å². The zero-order valence-corrected chi connectivity index (χ0v) is 11.0. The molecule has 3 rings (SSSR count). The van der Waals surface area contributed by atoms with Crippen LogP contribution in [-0.4, -0.2) is 4.98 Å². The predicted molar refractivity (Wildman–Crippen MR) is 71.9 cm³/mol. The van der Waals surface area contributed by atoms with Crippen molar-refractivity contribution in [2.75, 3.05) is 0 Å². The zero-order valence-electron chi connectivity index (χ0n) is 8.64. The van der Waals surface area contributed by atoms with Crippen LogP contribution in [0.5, 0.6) is 0 Å². The molecule has 2 aromatic heterocycles. The van der Waals surface area contributed by atoms with Crippen molar-refractivity contribution in [2.45, 2.75) is 4.83 Å². The van der Waals surface area contributed by atoms with E-state index in [2.05, 4.69) is 27.0 Å². The molecule has 86 valence electrons. The fourth-order valence-electron chi connectivity index (χ4n) is 1.72. The van der Waals surface area contributed by atoms with Crippen molar-refractivity contribution < 1.29 is 4.42 Å². The van der Waals surface area contributed by atoms with Crippen molar-refractivity contribution in [3.05, 3.63) is 56.7 Å². The average Bonchev–Trinajstić information content (AvgIpc) is 2.94. The maximum Gasteiger partial charge on any atom is 0.417 e. The molecule has 1 atom stereocenters. The molecule has 0 saturated carbocycles. The van der Waals surface area contributed by atoms with Crippen molar-refractivity contribution in [1.29, 1.82) is 0 Å². The molecule has 3 nitrogen and oxygen atoms in total. The molecule has 0 saturated heterocycles. The minimum absolute atomic E-state index is 0.132. The van der Waals surface area contributed by atoms with Crippen molar-refractivity contribution in [3.8, 4) is 0 Å². The summed E-state index contributed by atoms with van der Waals surface area (Å²) >= 11 is 5.34. The molecule has 0 amide bonds. The molecule has 0 aliphatic carbocycles. The van der Waals surface area contributed by atoms with Crippen molar-refractivity contribution >= 4 is 38.4 Å². The monoisotopic (exact) mass is 309 g/mol. The summed E-state index contributed by atoms with van der Waals surface area (Å²) in [5.74, 6) is -0.417. The Balaban J connectivity index is 2.08. The van der Waals surface area contributed by atoms with E-state index >= 15 is 0 Å². The number of benzene rings is 1. The van der Waals surface area contributed by atoms with E-state index in [0.29, 0.717) is 5.58 Å². The van der Waals surface area contributed by atoms with Gasteiger partial charge < -0.3 is 4.42 Å². The Bertz CT molecular complexity index is 699. The van der Waals surface area contributed by atoms with E-state index in [-0.39, 0.29) is 4.83 Å². The third-order valence-electron chi connectivity index (χ3n) is 2.53. The Kier molecular flexibility index (Phi) is 2.64. The van der Waals surface area contributed by atoms with Gasteiger partial charge in [0.25, 0.3) is 0 Å². The minimum Gasteiger partial charge on any atom is -0.408 e. The van der Waals surface area contributed by atoms with Gasteiger partial charge in [0.05, 0.1) is 10.3 Å². The number of hydrogen-bond donors (Lipinski definition) is 1. The summed E-state index contributed by atoms with van der Waals surface area (Å²) in [7, 11) is 0. The molecule has 3 aromatic rings. The van der Waals surface area contributed by atoms with E-state index in [9.17, 15) is 4.79 Å². The molecule has 0 spiro atoms. The summed E-state index contributed by atoms with van der Waals surface area (Å²) in [4.78, 5) is 15.0. The lowest BCUT2D eigenvalue weighted by Gasteiger charge is -2.07. The van der Waals surface area contributed by atoms with Crippen molar-refractivity contribution in [3.63, 3.8) is 0 Å². The lowest BCUT2D eigenvalue weighted by Crippen LogP contribution is -1.92. The summed E-state index contributed by atoms with van der Waals surface area (Å²) in [5, 5.41) is 2.04. The quantitative estimate of drug-likeness (QED) is 0.734. The Labute approximate surface area is 109 Å². The molecular weight excluding hydrogens is 302 g/mol. The largest absolute Gasteiger partial charge is 0.417 e. The van der Waals surface area contributed by atoms with Crippen LogP contribution in [0.1, 0.15) is 15.3 Å². The molecule has 0 bridgehead atoms. The van der Waals surface area contributed by atoms with Crippen LogP contribution in [0, 0.1) is 0 Å². The SMILES string of the molecule is O=c1[nH]c2ccc(C(Br)c3cccs3)cc2o1. The molecule has 1 aromatic carbocycles. The number of hydrogen-bond acceptors (Lipinski definition) is 3. The van der Waals surface area contributed by atoms with Gasteiger partial charge in [0.2, 0.25) is 0 Å². The van der Waals surface area contributed by atoms with Crippen LogP contribution in [0.2, 0.25) is 0 Å². The fraction of sp³-hybridized carbons (Fsp3) is 0.0833. The summed E-state index contributed by atoms with van der Waals surface area (Å²) in [6.45, 7) is 0. The van der Waals surface area contributed by atoms with E-state index in [0.717, 1.165) is 11.1 Å². The molecule has 2 heterocycles. The first kappa shape index (κ1) is 10.8. The van der Waals surface area contributed by atoms with Crippen LogP contribution in [0.3, 0.4) is 0 Å². The molecule has 0 radical (unpaired) electrons. The first-order chi connectivity index (χ1) is 8.24. The van der Waals surface area contributed by atoms with Gasteiger partial charge in [-0.25, -0.2) is 4.79 Å². The number of fused-ring (bicyclic) bond motifs is 1. The van der Waals surface area contributed by atoms with Crippen LogP contribution < -0.4 is 5.76 Å². The Morgan fingerprint density at radius 2 is 2.24 bits per heavy atom. The van der Waals surface area contributed by atoms with Gasteiger partial charge in [0.15, 0.2) is 5.58 Å². The number of alkyl halides is 1. The highest BCUT2D eigenvalue weighted by Gasteiger charge is 2.12. The number of aromatic amines is 1. The lowest BCUT2D eigenvalue weighted by molar-refractivity contribution is 0.555. The van der Waals surface area contributed by atoms with Crippen LogP contribution in [-0.2, 0) is 0 Å². The van der Waals surface area contributed by atoms with Gasteiger partial charge in [-0.1, -0.05) is 28.1 Å². The summed E-state index contributed by atoms with van der Waals surface area (Å²) in [5.41, 5.74) is 2.39. The maximum atomic E-state index is 11.1. The highest BCUT2D eigenvalue weighted by Crippen LogP contribution is 2.34. The zero-order chi connectivity index (χ0) is 11.8. The minimum atomic E-state index is -0.417. The van der Waals surface area contributed by atoms with Crippen LogP contribution in [0.15, 0.2) is 44.9 Å². The van der Waals surface area contributed by atoms with Crippen molar-refractivity contribution in [2.24, 2.45) is 0 Å². The Morgan fingerprint density at radius 1 is 1.35 bits per heavy atom. The second kappa shape index (κ2) is 4.16. The molecule has 0 aliphatic heterocycles. The number of H-pyrrole nitrogens is 1. The van der Waals surface area contributed by atoms with Gasteiger partial charge in [-0.3, -0.25) is 4.98 Å². The van der Waals surface area contributed by atoms with E-state index in [1.807, 2.05) is 29.6 Å². The van der Waals surface area contributed by atoms with Gasteiger partial charge in [0, 0.05) is 4.88 Å². The first-order valence-corrected chi connectivity index (χ1v) is 6.84. The highest BCUT2D eigenvalue weighted by atomic mass is 79.9. The van der Waals surface area contributed by atoms with E-state index in [1.54, 1.807) is 11.3 Å². The fourth-order valence-corrected chi connectivity index (χ4v) is 3.21. The number of halogens is 1. The van der Waals surface area contributed by atoms with Gasteiger partial charge in [-0.15, -0.1) is 11.3 Å². The maximum absolute atomic E-state index is 11.1.